The van der Waals surface area contributed by atoms with E-state index < -0.39 is 10.0 Å². The largest absolute Gasteiger partial charge is 0.318 e. The van der Waals surface area contributed by atoms with Crippen LogP contribution >= 0.6 is 11.3 Å². The summed E-state index contributed by atoms with van der Waals surface area (Å²) in [7, 11) is -1.75. The number of aromatic nitrogens is 3. The first kappa shape index (κ1) is 16.1. The Balaban J connectivity index is 2.21. The second kappa shape index (κ2) is 6.65. The molecule has 0 saturated carbocycles. The number of sulfonamides is 1. The molecule has 2 aromatic heterocycles. The molecule has 0 aliphatic rings. The van der Waals surface area contributed by atoms with E-state index in [4.69, 9.17) is 0 Å². The average molecular weight is 329 g/mol. The molecule has 2 heterocycles. The van der Waals surface area contributed by atoms with Crippen LogP contribution in [-0.4, -0.2) is 36.8 Å². The van der Waals surface area contributed by atoms with Gasteiger partial charge in [0, 0.05) is 11.9 Å². The van der Waals surface area contributed by atoms with E-state index in [9.17, 15) is 8.42 Å². The standard InChI is InChI=1S/C12H19N5O2S2/c1-9-12(10(2)17(16-9)5-4-13-3)21(18,19)15-6-11-7-20-8-14-11/h7-8,13,15H,4-6H2,1-3H3. The number of hydrogen-bond donors (Lipinski definition) is 2. The number of thiazole rings is 1. The average Bonchev–Trinajstić information content (AvgIpc) is 3.03. The second-order valence-electron chi connectivity index (χ2n) is 4.63. The van der Waals surface area contributed by atoms with Crippen molar-refractivity contribution in [2.45, 2.75) is 31.8 Å². The molecule has 0 bridgehead atoms. The Kier molecular flexibility index (Phi) is 5.09. The van der Waals surface area contributed by atoms with E-state index in [0.29, 0.717) is 23.6 Å². The quantitative estimate of drug-likeness (QED) is 0.779. The molecule has 0 unspecified atom stereocenters. The van der Waals surface area contributed by atoms with E-state index in [1.807, 2.05) is 12.4 Å². The highest BCUT2D eigenvalue weighted by molar-refractivity contribution is 7.89. The van der Waals surface area contributed by atoms with Gasteiger partial charge in [0.1, 0.15) is 4.90 Å². The fourth-order valence-corrected chi connectivity index (χ4v) is 4.04. The predicted octanol–water partition coefficient (Wildman–Crippen LogP) is 0.654. The highest BCUT2D eigenvalue weighted by atomic mass is 32.2. The molecule has 0 aliphatic carbocycles. The third-order valence-corrected chi connectivity index (χ3v) is 5.37. The van der Waals surface area contributed by atoms with Crippen LogP contribution in [0, 0.1) is 13.8 Å². The lowest BCUT2D eigenvalue weighted by Crippen LogP contribution is -2.24. The summed E-state index contributed by atoms with van der Waals surface area (Å²) in [4.78, 5) is 4.32. The van der Waals surface area contributed by atoms with Gasteiger partial charge in [-0.3, -0.25) is 4.68 Å². The Morgan fingerprint density at radius 3 is 2.76 bits per heavy atom. The molecule has 0 amide bonds. The maximum atomic E-state index is 12.5. The predicted molar refractivity (Wildman–Crippen MR) is 81.8 cm³/mol. The summed E-state index contributed by atoms with van der Waals surface area (Å²) < 4.78 is 29.2. The molecule has 116 valence electrons. The number of nitrogens with zero attached hydrogens (tertiary/aromatic N) is 3. The SMILES string of the molecule is CNCCn1nc(C)c(S(=O)(=O)NCc2cscn2)c1C. The minimum atomic E-state index is -3.59. The highest BCUT2D eigenvalue weighted by Crippen LogP contribution is 2.19. The Bertz CT molecular complexity index is 692. The van der Waals surface area contributed by atoms with Crippen LogP contribution in [0.5, 0.6) is 0 Å². The smallest absolute Gasteiger partial charge is 0.244 e. The third kappa shape index (κ3) is 3.67. The molecular weight excluding hydrogens is 310 g/mol. The molecule has 0 atom stereocenters. The Hall–Kier alpha value is -1.29. The van der Waals surface area contributed by atoms with E-state index in [1.165, 1.54) is 11.3 Å². The zero-order chi connectivity index (χ0) is 15.5. The maximum Gasteiger partial charge on any atom is 0.244 e. The van der Waals surface area contributed by atoms with Gasteiger partial charge in [-0.15, -0.1) is 11.3 Å². The summed E-state index contributed by atoms with van der Waals surface area (Å²) in [5.74, 6) is 0. The van der Waals surface area contributed by atoms with Crippen molar-refractivity contribution in [2.75, 3.05) is 13.6 Å². The number of rotatable bonds is 7. The summed E-state index contributed by atoms with van der Waals surface area (Å²) in [5.41, 5.74) is 3.54. The van der Waals surface area contributed by atoms with Gasteiger partial charge in [0.2, 0.25) is 10.0 Å². The van der Waals surface area contributed by atoms with Crippen molar-refractivity contribution < 1.29 is 8.42 Å². The van der Waals surface area contributed by atoms with Gasteiger partial charge in [-0.05, 0) is 20.9 Å². The fourth-order valence-electron chi connectivity index (χ4n) is 2.07. The van der Waals surface area contributed by atoms with Crippen molar-refractivity contribution in [1.29, 1.82) is 0 Å². The molecule has 0 radical (unpaired) electrons. The topological polar surface area (TPSA) is 88.9 Å². The van der Waals surface area contributed by atoms with E-state index >= 15 is 0 Å². The van der Waals surface area contributed by atoms with Crippen LogP contribution in [0.3, 0.4) is 0 Å². The van der Waals surface area contributed by atoms with Crippen LogP contribution < -0.4 is 10.0 Å². The lowest BCUT2D eigenvalue weighted by Gasteiger charge is -2.07. The second-order valence-corrected chi connectivity index (χ2v) is 7.05. The fraction of sp³-hybridized carbons (Fsp3) is 0.500. The first-order valence-corrected chi connectivity index (χ1v) is 8.93. The lowest BCUT2D eigenvalue weighted by molar-refractivity contribution is 0.563. The van der Waals surface area contributed by atoms with Crippen LogP contribution in [0.2, 0.25) is 0 Å². The van der Waals surface area contributed by atoms with Crippen LogP contribution in [0.4, 0.5) is 0 Å². The van der Waals surface area contributed by atoms with E-state index in [2.05, 4.69) is 20.1 Å². The molecule has 7 nitrogen and oxygen atoms in total. The summed E-state index contributed by atoms with van der Waals surface area (Å²) in [6.07, 6.45) is 0. The van der Waals surface area contributed by atoms with Crippen molar-refractivity contribution >= 4 is 21.4 Å². The molecular formula is C12H19N5O2S2. The van der Waals surface area contributed by atoms with Crippen molar-refractivity contribution in [3.05, 3.63) is 28.0 Å². The minimum absolute atomic E-state index is 0.187. The number of nitrogens with one attached hydrogen (secondary N) is 2. The molecule has 0 spiro atoms. The number of hydrogen-bond acceptors (Lipinski definition) is 6. The van der Waals surface area contributed by atoms with Crippen molar-refractivity contribution in [3.8, 4) is 0 Å². The Labute approximate surface area is 128 Å². The number of aryl methyl sites for hydroxylation is 1. The van der Waals surface area contributed by atoms with Gasteiger partial charge in [-0.1, -0.05) is 0 Å². The van der Waals surface area contributed by atoms with Crippen LogP contribution in [0.25, 0.3) is 0 Å². The van der Waals surface area contributed by atoms with Crippen LogP contribution in [0.1, 0.15) is 17.1 Å². The molecule has 0 saturated heterocycles. The molecule has 2 N–H and O–H groups in total. The summed E-state index contributed by atoms with van der Waals surface area (Å²) >= 11 is 1.44. The van der Waals surface area contributed by atoms with Gasteiger partial charge in [-0.2, -0.15) is 5.10 Å². The lowest BCUT2D eigenvalue weighted by atomic mass is 10.4. The van der Waals surface area contributed by atoms with Gasteiger partial charge in [0.25, 0.3) is 0 Å². The Morgan fingerprint density at radius 2 is 2.14 bits per heavy atom. The van der Waals surface area contributed by atoms with E-state index in [-0.39, 0.29) is 11.4 Å². The van der Waals surface area contributed by atoms with E-state index in [1.54, 1.807) is 24.0 Å². The summed E-state index contributed by atoms with van der Waals surface area (Å²) in [5, 5.41) is 9.14. The molecule has 9 heteroatoms. The normalized spacial score (nSPS) is 12.0. The van der Waals surface area contributed by atoms with Gasteiger partial charge in [-0.25, -0.2) is 18.1 Å². The zero-order valence-corrected chi connectivity index (χ0v) is 13.9. The molecule has 0 aliphatic heterocycles. The van der Waals surface area contributed by atoms with Crippen molar-refractivity contribution in [3.63, 3.8) is 0 Å². The molecule has 21 heavy (non-hydrogen) atoms. The van der Waals surface area contributed by atoms with Gasteiger partial charge < -0.3 is 5.32 Å². The van der Waals surface area contributed by atoms with Gasteiger partial charge >= 0.3 is 0 Å². The molecule has 0 fully saturated rings. The molecule has 2 aromatic rings. The van der Waals surface area contributed by atoms with Crippen molar-refractivity contribution in [1.82, 2.24) is 24.8 Å². The highest BCUT2D eigenvalue weighted by Gasteiger charge is 2.24. The van der Waals surface area contributed by atoms with Crippen LogP contribution in [-0.2, 0) is 23.1 Å². The third-order valence-electron chi connectivity index (χ3n) is 3.08. The zero-order valence-electron chi connectivity index (χ0n) is 12.3. The Morgan fingerprint density at radius 1 is 1.38 bits per heavy atom. The minimum Gasteiger partial charge on any atom is -0.318 e. The first-order chi connectivity index (χ1) is 9.95. The first-order valence-electron chi connectivity index (χ1n) is 6.51. The molecule has 2 rings (SSSR count). The summed E-state index contributed by atoms with van der Waals surface area (Å²) in [6, 6.07) is 0. The van der Waals surface area contributed by atoms with Crippen LogP contribution in [0.15, 0.2) is 15.8 Å². The van der Waals surface area contributed by atoms with Crippen molar-refractivity contribution in [2.24, 2.45) is 0 Å². The van der Waals surface area contributed by atoms with E-state index in [0.717, 1.165) is 6.54 Å². The number of likely N-dealkylation sites (N-methyl/N-ethyl adjacent to an activating group) is 1. The van der Waals surface area contributed by atoms with Gasteiger partial charge in [0.15, 0.2) is 0 Å². The molecule has 0 aromatic carbocycles. The maximum absolute atomic E-state index is 12.5. The summed E-state index contributed by atoms with van der Waals surface area (Å²) in [6.45, 7) is 5.03. The van der Waals surface area contributed by atoms with Gasteiger partial charge in [0.05, 0.1) is 35.7 Å². The monoisotopic (exact) mass is 329 g/mol.